The summed E-state index contributed by atoms with van der Waals surface area (Å²) in [5.41, 5.74) is 1.97. The summed E-state index contributed by atoms with van der Waals surface area (Å²) >= 11 is 0. The highest BCUT2D eigenvalue weighted by atomic mass is 16.3. The Morgan fingerprint density at radius 2 is 1.76 bits per heavy atom. The molecule has 29 heavy (non-hydrogen) atoms. The van der Waals surface area contributed by atoms with Gasteiger partial charge in [0.2, 0.25) is 5.91 Å². The zero-order chi connectivity index (χ0) is 20.1. The first-order chi connectivity index (χ1) is 14.2. The fourth-order valence-electron chi connectivity index (χ4n) is 4.65. The van der Waals surface area contributed by atoms with Crippen LogP contribution in [0.3, 0.4) is 0 Å². The molecule has 2 fully saturated rings. The maximum Gasteiger partial charge on any atom is 0.257 e. The Morgan fingerprint density at radius 3 is 2.48 bits per heavy atom. The number of furan rings is 1. The van der Waals surface area contributed by atoms with Crippen LogP contribution in [0.4, 0.5) is 0 Å². The van der Waals surface area contributed by atoms with Gasteiger partial charge in [0, 0.05) is 26.2 Å². The van der Waals surface area contributed by atoms with Gasteiger partial charge in [0.05, 0.1) is 17.7 Å². The molecule has 2 amide bonds. The molecule has 0 spiro atoms. The summed E-state index contributed by atoms with van der Waals surface area (Å²) in [7, 11) is 0. The van der Waals surface area contributed by atoms with Crippen molar-refractivity contribution in [1.29, 1.82) is 0 Å². The molecule has 0 N–H and O–H groups in total. The fourth-order valence-corrected chi connectivity index (χ4v) is 4.65. The lowest BCUT2D eigenvalue weighted by molar-refractivity contribution is -0.138. The van der Waals surface area contributed by atoms with E-state index in [2.05, 4.69) is 30.3 Å². The molecule has 0 radical (unpaired) electrons. The van der Waals surface area contributed by atoms with Gasteiger partial charge in [0.1, 0.15) is 6.26 Å². The second kappa shape index (κ2) is 9.29. The monoisotopic (exact) mass is 394 g/mol. The molecule has 0 saturated carbocycles. The first-order valence-electron chi connectivity index (χ1n) is 10.8. The lowest BCUT2D eigenvalue weighted by Gasteiger charge is -2.38. The molecule has 2 saturated heterocycles. The standard InChI is InChI=1S/C24H30N2O3/c27-23(21-7-4-13-26(17-21)24(28)22-12-16-29-18-22)25-14-10-20(11-15-25)9-8-19-5-2-1-3-6-19/h1-3,5-6,12,16,18,20-21H,4,7-11,13-15,17H2. The topological polar surface area (TPSA) is 53.8 Å². The molecule has 5 heteroatoms. The van der Waals surface area contributed by atoms with Gasteiger partial charge >= 0.3 is 0 Å². The van der Waals surface area contributed by atoms with Crippen LogP contribution in [-0.4, -0.2) is 47.8 Å². The Hall–Kier alpha value is -2.56. The van der Waals surface area contributed by atoms with Gasteiger partial charge in [-0.3, -0.25) is 9.59 Å². The van der Waals surface area contributed by atoms with Gasteiger partial charge in [-0.05, 0) is 56.1 Å². The minimum atomic E-state index is -0.0690. The van der Waals surface area contributed by atoms with Crippen molar-refractivity contribution >= 4 is 11.8 Å². The van der Waals surface area contributed by atoms with E-state index >= 15 is 0 Å². The van der Waals surface area contributed by atoms with Crippen molar-refractivity contribution < 1.29 is 14.0 Å². The summed E-state index contributed by atoms with van der Waals surface area (Å²) in [6.07, 6.45) is 9.24. The molecule has 154 valence electrons. The largest absolute Gasteiger partial charge is 0.472 e. The normalized spacial score (nSPS) is 20.6. The number of aryl methyl sites for hydroxylation is 1. The Bertz CT molecular complexity index is 795. The molecule has 2 aromatic rings. The van der Waals surface area contributed by atoms with E-state index in [-0.39, 0.29) is 17.7 Å². The summed E-state index contributed by atoms with van der Waals surface area (Å²) in [5.74, 6) is 0.831. The van der Waals surface area contributed by atoms with Crippen molar-refractivity contribution in [3.8, 4) is 0 Å². The first kappa shape index (κ1) is 19.7. The molecule has 1 aromatic carbocycles. The Labute approximate surface area is 172 Å². The van der Waals surface area contributed by atoms with Gasteiger partial charge in [0.25, 0.3) is 5.91 Å². The molecule has 5 nitrogen and oxygen atoms in total. The third-order valence-electron chi connectivity index (χ3n) is 6.44. The van der Waals surface area contributed by atoms with Crippen LogP contribution in [0.15, 0.2) is 53.3 Å². The maximum atomic E-state index is 13.1. The summed E-state index contributed by atoms with van der Waals surface area (Å²) in [5, 5.41) is 0. The highest BCUT2D eigenvalue weighted by molar-refractivity contribution is 5.94. The number of hydrogen-bond donors (Lipinski definition) is 0. The van der Waals surface area contributed by atoms with Gasteiger partial charge in [0.15, 0.2) is 0 Å². The highest BCUT2D eigenvalue weighted by Gasteiger charge is 2.33. The number of likely N-dealkylation sites (tertiary alicyclic amines) is 2. The summed E-state index contributed by atoms with van der Waals surface area (Å²) in [6.45, 7) is 2.95. The fraction of sp³-hybridized carbons (Fsp3) is 0.500. The van der Waals surface area contributed by atoms with Crippen molar-refractivity contribution in [3.05, 3.63) is 60.1 Å². The van der Waals surface area contributed by atoms with E-state index in [4.69, 9.17) is 4.42 Å². The van der Waals surface area contributed by atoms with E-state index in [1.54, 1.807) is 6.07 Å². The molecule has 3 heterocycles. The average Bonchev–Trinajstić information content (AvgIpc) is 3.33. The second-order valence-corrected chi connectivity index (χ2v) is 8.40. The lowest BCUT2D eigenvalue weighted by Crippen LogP contribution is -2.48. The van der Waals surface area contributed by atoms with Gasteiger partial charge in [-0.25, -0.2) is 0 Å². The molecular weight excluding hydrogens is 364 g/mol. The summed E-state index contributed by atoms with van der Waals surface area (Å²) in [6, 6.07) is 12.3. The van der Waals surface area contributed by atoms with Crippen LogP contribution in [0.1, 0.15) is 48.0 Å². The minimum absolute atomic E-state index is 0.0316. The maximum absolute atomic E-state index is 13.1. The van der Waals surface area contributed by atoms with Gasteiger partial charge in [-0.15, -0.1) is 0 Å². The molecule has 1 aromatic heterocycles. The summed E-state index contributed by atoms with van der Waals surface area (Å²) in [4.78, 5) is 29.5. The number of piperidine rings is 2. The predicted octanol–water partition coefficient (Wildman–Crippen LogP) is 4.00. The smallest absolute Gasteiger partial charge is 0.257 e. The Balaban J connectivity index is 1.25. The molecule has 0 aliphatic carbocycles. The minimum Gasteiger partial charge on any atom is -0.472 e. The number of hydrogen-bond acceptors (Lipinski definition) is 3. The predicted molar refractivity (Wildman–Crippen MR) is 111 cm³/mol. The average molecular weight is 395 g/mol. The molecule has 0 bridgehead atoms. The zero-order valence-electron chi connectivity index (χ0n) is 17.0. The number of amides is 2. The number of rotatable bonds is 5. The van der Waals surface area contributed by atoms with Gasteiger partial charge in [-0.2, -0.15) is 0 Å². The summed E-state index contributed by atoms with van der Waals surface area (Å²) < 4.78 is 5.03. The number of carbonyl (C=O) groups excluding carboxylic acids is 2. The second-order valence-electron chi connectivity index (χ2n) is 8.40. The molecule has 1 atom stereocenters. The van der Waals surface area contributed by atoms with Crippen molar-refractivity contribution in [2.24, 2.45) is 11.8 Å². The zero-order valence-corrected chi connectivity index (χ0v) is 17.0. The van der Waals surface area contributed by atoms with Crippen LogP contribution >= 0.6 is 0 Å². The molecular formula is C24H30N2O3. The van der Waals surface area contributed by atoms with Gasteiger partial charge < -0.3 is 14.2 Å². The molecule has 2 aliphatic heterocycles. The van der Waals surface area contributed by atoms with Crippen molar-refractivity contribution in [2.45, 2.75) is 38.5 Å². The quantitative estimate of drug-likeness (QED) is 0.770. The lowest BCUT2D eigenvalue weighted by atomic mass is 9.89. The van der Waals surface area contributed by atoms with Crippen LogP contribution in [-0.2, 0) is 11.2 Å². The first-order valence-corrected chi connectivity index (χ1v) is 10.8. The van der Waals surface area contributed by atoms with Crippen molar-refractivity contribution in [3.63, 3.8) is 0 Å². The molecule has 2 aliphatic rings. The van der Waals surface area contributed by atoms with Gasteiger partial charge in [-0.1, -0.05) is 30.3 Å². The molecule has 4 rings (SSSR count). The van der Waals surface area contributed by atoms with E-state index in [0.29, 0.717) is 18.0 Å². The van der Waals surface area contributed by atoms with Crippen molar-refractivity contribution in [1.82, 2.24) is 9.80 Å². The van der Waals surface area contributed by atoms with Crippen LogP contribution < -0.4 is 0 Å². The van der Waals surface area contributed by atoms with Crippen LogP contribution in [0.25, 0.3) is 0 Å². The SMILES string of the molecule is O=C(c1ccoc1)N1CCCC(C(=O)N2CCC(CCc3ccccc3)CC2)C1. The van der Waals surface area contributed by atoms with E-state index in [9.17, 15) is 9.59 Å². The number of nitrogens with zero attached hydrogens (tertiary/aromatic N) is 2. The third kappa shape index (κ3) is 4.89. The Morgan fingerprint density at radius 1 is 0.966 bits per heavy atom. The van der Waals surface area contributed by atoms with E-state index < -0.39 is 0 Å². The van der Waals surface area contributed by atoms with Crippen LogP contribution in [0.2, 0.25) is 0 Å². The van der Waals surface area contributed by atoms with Crippen molar-refractivity contribution in [2.75, 3.05) is 26.2 Å². The van der Waals surface area contributed by atoms with Crippen LogP contribution in [0, 0.1) is 11.8 Å². The highest BCUT2D eigenvalue weighted by Crippen LogP contribution is 2.26. The van der Waals surface area contributed by atoms with E-state index in [1.807, 2.05) is 9.80 Å². The molecule has 1 unspecified atom stereocenters. The third-order valence-corrected chi connectivity index (χ3v) is 6.44. The van der Waals surface area contributed by atoms with Crippen LogP contribution in [0.5, 0.6) is 0 Å². The number of benzene rings is 1. The Kier molecular flexibility index (Phi) is 6.33. The van der Waals surface area contributed by atoms with E-state index in [0.717, 1.165) is 51.7 Å². The van der Waals surface area contributed by atoms with E-state index in [1.165, 1.54) is 24.5 Å². The number of carbonyl (C=O) groups is 2.